The topological polar surface area (TPSA) is 67.2 Å². The molecule has 0 aliphatic carbocycles. The van der Waals surface area contributed by atoms with Gasteiger partial charge in [0.25, 0.3) is 0 Å². The number of oxazole rings is 1. The van der Waals surface area contributed by atoms with E-state index in [0.717, 1.165) is 23.2 Å². The number of carbonyl (C=O) groups excluding carboxylic acids is 1. The summed E-state index contributed by atoms with van der Waals surface area (Å²) in [6.07, 6.45) is 2.45. The number of hydrogen-bond acceptors (Lipinski definition) is 3. The van der Waals surface area contributed by atoms with Gasteiger partial charge in [0.15, 0.2) is 0 Å². The average molecular weight is 397 g/mol. The fourth-order valence-corrected chi connectivity index (χ4v) is 3.10. The van der Waals surface area contributed by atoms with Crippen LogP contribution in [0.15, 0.2) is 89.5 Å². The van der Waals surface area contributed by atoms with Gasteiger partial charge in [-0.05, 0) is 43.2 Å². The first kappa shape index (κ1) is 19.5. The van der Waals surface area contributed by atoms with Gasteiger partial charge in [0, 0.05) is 23.4 Å². The van der Waals surface area contributed by atoms with E-state index in [9.17, 15) is 4.79 Å². The van der Waals surface area contributed by atoms with Crippen LogP contribution in [0.2, 0.25) is 0 Å². The van der Waals surface area contributed by atoms with E-state index < -0.39 is 0 Å². The molecular formula is C25H23N3O2. The first-order valence-electron chi connectivity index (χ1n) is 9.89. The van der Waals surface area contributed by atoms with E-state index in [4.69, 9.17) is 4.42 Å². The molecule has 0 spiro atoms. The van der Waals surface area contributed by atoms with Crippen LogP contribution in [0.1, 0.15) is 11.1 Å². The summed E-state index contributed by atoms with van der Waals surface area (Å²) in [7, 11) is 0. The second-order valence-corrected chi connectivity index (χ2v) is 7.10. The molecule has 1 aromatic heterocycles. The van der Waals surface area contributed by atoms with Gasteiger partial charge in [0.1, 0.15) is 12.0 Å². The van der Waals surface area contributed by atoms with Crippen LogP contribution in [0.4, 0.5) is 10.5 Å². The van der Waals surface area contributed by atoms with Gasteiger partial charge in [-0.3, -0.25) is 0 Å². The van der Waals surface area contributed by atoms with Gasteiger partial charge in [-0.1, -0.05) is 60.2 Å². The van der Waals surface area contributed by atoms with Crippen molar-refractivity contribution in [1.29, 1.82) is 0 Å². The molecule has 0 saturated heterocycles. The predicted molar refractivity (Wildman–Crippen MR) is 119 cm³/mol. The SMILES string of the molecule is Cc1ccc(-c2coc(-c3ccc(NC(=O)NCCc4ccccc4)cc3)n2)cc1. The highest BCUT2D eigenvalue weighted by atomic mass is 16.3. The lowest BCUT2D eigenvalue weighted by Gasteiger charge is -2.08. The second kappa shape index (κ2) is 9.09. The van der Waals surface area contributed by atoms with E-state index in [2.05, 4.69) is 34.7 Å². The van der Waals surface area contributed by atoms with E-state index in [1.807, 2.05) is 66.7 Å². The summed E-state index contributed by atoms with van der Waals surface area (Å²) in [6.45, 7) is 2.63. The van der Waals surface area contributed by atoms with E-state index in [1.165, 1.54) is 11.1 Å². The lowest BCUT2D eigenvalue weighted by Crippen LogP contribution is -2.30. The van der Waals surface area contributed by atoms with Crippen molar-refractivity contribution in [2.45, 2.75) is 13.3 Å². The number of rotatable bonds is 6. The molecule has 3 aromatic carbocycles. The van der Waals surface area contributed by atoms with Crippen molar-refractivity contribution in [2.24, 2.45) is 0 Å². The molecule has 4 rings (SSSR count). The van der Waals surface area contributed by atoms with Crippen molar-refractivity contribution in [3.63, 3.8) is 0 Å². The molecule has 5 heteroatoms. The van der Waals surface area contributed by atoms with Gasteiger partial charge in [0.2, 0.25) is 5.89 Å². The number of nitrogens with one attached hydrogen (secondary N) is 2. The maximum atomic E-state index is 12.1. The molecule has 0 saturated carbocycles. The average Bonchev–Trinajstić information content (AvgIpc) is 3.26. The van der Waals surface area contributed by atoms with E-state index in [1.54, 1.807) is 6.26 Å². The zero-order valence-electron chi connectivity index (χ0n) is 16.8. The van der Waals surface area contributed by atoms with Crippen LogP contribution >= 0.6 is 0 Å². The third kappa shape index (κ3) is 4.94. The Labute approximate surface area is 175 Å². The number of anilines is 1. The van der Waals surface area contributed by atoms with Crippen molar-refractivity contribution in [2.75, 3.05) is 11.9 Å². The molecule has 0 radical (unpaired) electrons. The number of benzene rings is 3. The number of carbonyl (C=O) groups is 1. The molecule has 0 fully saturated rings. The van der Waals surface area contributed by atoms with Crippen molar-refractivity contribution >= 4 is 11.7 Å². The highest BCUT2D eigenvalue weighted by Crippen LogP contribution is 2.25. The Kier molecular flexibility index (Phi) is 5.90. The molecule has 2 amide bonds. The van der Waals surface area contributed by atoms with Crippen LogP contribution < -0.4 is 10.6 Å². The molecule has 0 aliphatic heterocycles. The largest absolute Gasteiger partial charge is 0.444 e. The maximum Gasteiger partial charge on any atom is 0.319 e. The van der Waals surface area contributed by atoms with Gasteiger partial charge in [0.05, 0.1) is 0 Å². The Morgan fingerprint density at radius 3 is 2.33 bits per heavy atom. The number of amides is 2. The molecule has 5 nitrogen and oxygen atoms in total. The van der Waals surface area contributed by atoms with Gasteiger partial charge in [-0.2, -0.15) is 0 Å². The maximum absolute atomic E-state index is 12.1. The molecule has 1 heterocycles. The van der Waals surface area contributed by atoms with Crippen molar-refractivity contribution in [3.8, 4) is 22.7 Å². The summed E-state index contributed by atoms with van der Waals surface area (Å²) in [5.74, 6) is 0.546. The first-order valence-corrected chi connectivity index (χ1v) is 9.89. The lowest BCUT2D eigenvalue weighted by atomic mass is 10.1. The van der Waals surface area contributed by atoms with Gasteiger partial charge >= 0.3 is 6.03 Å². The summed E-state index contributed by atoms with van der Waals surface area (Å²) in [6, 6.07) is 25.4. The molecule has 0 atom stereocenters. The van der Waals surface area contributed by atoms with E-state index >= 15 is 0 Å². The Hall–Kier alpha value is -3.86. The zero-order valence-corrected chi connectivity index (χ0v) is 16.8. The minimum atomic E-state index is -0.225. The Morgan fingerprint density at radius 2 is 1.60 bits per heavy atom. The molecule has 0 aliphatic rings. The summed E-state index contributed by atoms with van der Waals surface area (Å²) in [4.78, 5) is 16.7. The van der Waals surface area contributed by atoms with Crippen LogP contribution in [-0.2, 0) is 6.42 Å². The number of aryl methyl sites for hydroxylation is 1. The van der Waals surface area contributed by atoms with Crippen molar-refractivity contribution < 1.29 is 9.21 Å². The van der Waals surface area contributed by atoms with E-state index in [-0.39, 0.29) is 6.03 Å². The van der Waals surface area contributed by atoms with Crippen LogP contribution in [0.3, 0.4) is 0 Å². The predicted octanol–water partition coefficient (Wildman–Crippen LogP) is 5.68. The third-order valence-corrected chi connectivity index (χ3v) is 4.78. The second-order valence-electron chi connectivity index (χ2n) is 7.10. The molecule has 0 unspecified atom stereocenters. The number of urea groups is 1. The highest BCUT2D eigenvalue weighted by Gasteiger charge is 2.09. The number of hydrogen-bond donors (Lipinski definition) is 2. The van der Waals surface area contributed by atoms with Gasteiger partial charge < -0.3 is 15.1 Å². The minimum absolute atomic E-state index is 0.225. The first-order chi connectivity index (χ1) is 14.7. The lowest BCUT2D eigenvalue weighted by molar-refractivity contribution is 0.252. The Morgan fingerprint density at radius 1 is 0.900 bits per heavy atom. The minimum Gasteiger partial charge on any atom is -0.444 e. The summed E-state index contributed by atoms with van der Waals surface area (Å²) >= 11 is 0. The van der Waals surface area contributed by atoms with Gasteiger partial charge in [-0.25, -0.2) is 9.78 Å². The fourth-order valence-electron chi connectivity index (χ4n) is 3.10. The molecule has 4 aromatic rings. The number of aromatic nitrogens is 1. The Balaban J connectivity index is 1.33. The van der Waals surface area contributed by atoms with Crippen molar-refractivity contribution in [3.05, 3.63) is 96.3 Å². The molecule has 0 bridgehead atoms. The number of nitrogens with zero attached hydrogens (tertiary/aromatic N) is 1. The monoisotopic (exact) mass is 397 g/mol. The summed E-state index contributed by atoms with van der Waals surface area (Å²) in [5.41, 5.74) is 5.77. The van der Waals surface area contributed by atoms with Crippen LogP contribution in [-0.4, -0.2) is 17.6 Å². The normalized spacial score (nSPS) is 10.6. The quantitative estimate of drug-likeness (QED) is 0.440. The standard InChI is InChI=1S/C25H23N3O2/c1-18-7-9-20(10-8-18)23-17-30-24(28-23)21-11-13-22(14-12-21)27-25(29)26-16-15-19-5-3-2-4-6-19/h2-14,17H,15-16H2,1H3,(H2,26,27,29). The van der Waals surface area contributed by atoms with Gasteiger partial charge in [-0.15, -0.1) is 0 Å². The van der Waals surface area contributed by atoms with E-state index in [0.29, 0.717) is 18.1 Å². The smallest absolute Gasteiger partial charge is 0.319 e. The third-order valence-electron chi connectivity index (χ3n) is 4.78. The summed E-state index contributed by atoms with van der Waals surface area (Å²) < 4.78 is 5.64. The van der Waals surface area contributed by atoms with Crippen LogP contribution in [0, 0.1) is 6.92 Å². The molecule has 2 N–H and O–H groups in total. The molecular weight excluding hydrogens is 374 g/mol. The van der Waals surface area contributed by atoms with Crippen molar-refractivity contribution in [1.82, 2.24) is 10.3 Å². The zero-order chi connectivity index (χ0) is 20.8. The fraction of sp³-hybridized carbons (Fsp3) is 0.120. The molecule has 30 heavy (non-hydrogen) atoms. The van der Waals surface area contributed by atoms with Crippen LogP contribution in [0.5, 0.6) is 0 Å². The highest BCUT2D eigenvalue weighted by molar-refractivity contribution is 5.89. The van der Waals surface area contributed by atoms with Crippen LogP contribution in [0.25, 0.3) is 22.7 Å². The molecule has 150 valence electrons. The Bertz CT molecular complexity index is 1100. The summed E-state index contributed by atoms with van der Waals surface area (Å²) in [5, 5.41) is 5.71.